The van der Waals surface area contributed by atoms with E-state index in [1.807, 2.05) is 38.1 Å². The molecule has 1 heterocycles. The van der Waals surface area contributed by atoms with Crippen molar-refractivity contribution < 1.29 is 4.79 Å². The van der Waals surface area contributed by atoms with Gasteiger partial charge in [0, 0.05) is 18.7 Å². The molecule has 0 fully saturated rings. The van der Waals surface area contributed by atoms with Gasteiger partial charge >= 0.3 is 0 Å². The molecule has 0 saturated carbocycles. The molecule has 5 nitrogen and oxygen atoms in total. The van der Waals surface area contributed by atoms with E-state index in [4.69, 9.17) is 12.2 Å². The Kier molecular flexibility index (Phi) is 4.81. The summed E-state index contributed by atoms with van der Waals surface area (Å²) in [5, 5.41) is 3.41. The first kappa shape index (κ1) is 17.1. The minimum atomic E-state index is -0.193. The lowest BCUT2D eigenvalue weighted by Gasteiger charge is -2.08. The number of rotatable bonds is 4. The summed E-state index contributed by atoms with van der Waals surface area (Å²) in [4.78, 5) is 27.8. The SMILES string of the molecule is CCn1c(=S)[nH]c2cc(C(=O)NCc3ccc(C)cc3)ccc2c1=O. The van der Waals surface area contributed by atoms with Crippen molar-refractivity contribution in [2.24, 2.45) is 0 Å². The fraction of sp³-hybridized carbons (Fsp3) is 0.211. The molecule has 0 spiro atoms. The van der Waals surface area contributed by atoms with Gasteiger partial charge in [0.05, 0.1) is 10.9 Å². The molecule has 0 atom stereocenters. The molecule has 0 aliphatic rings. The average molecular weight is 353 g/mol. The topological polar surface area (TPSA) is 66.9 Å². The smallest absolute Gasteiger partial charge is 0.262 e. The van der Waals surface area contributed by atoms with Crippen molar-refractivity contribution in [1.82, 2.24) is 14.9 Å². The van der Waals surface area contributed by atoms with E-state index in [0.29, 0.717) is 34.3 Å². The normalized spacial score (nSPS) is 10.8. The second kappa shape index (κ2) is 7.03. The Morgan fingerprint density at radius 3 is 2.60 bits per heavy atom. The number of nitrogens with zero attached hydrogens (tertiary/aromatic N) is 1. The van der Waals surface area contributed by atoms with Gasteiger partial charge in [-0.25, -0.2) is 0 Å². The third kappa shape index (κ3) is 3.53. The van der Waals surface area contributed by atoms with Crippen molar-refractivity contribution >= 4 is 29.0 Å². The summed E-state index contributed by atoms with van der Waals surface area (Å²) in [6.07, 6.45) is 0. The number of aromatic amines is 1. The number of hydrogen-bond acceptors (Lipinski definition) is 3. The third-order valence-electron chi connectivity index (χ3n) is 4.13. The van der Waals surface area contributed by atoms with Gasteiger partial charge in [-0.15, -0.1) is 0 Å². The minimum Gasteiger partial charge on any atom is -0.348 e. The highest BCUT2D eigenvalue weighted by Gasteiger charge is 2.10. The zero-order valence-electron chi connectivity index (χ0n) is 14.1. The van der Waals surface area contributed by atoms with Crippen LogP contribution in [0, 0.1) is 11.7 Å². The van der Waals surface area contributed by atoms with Gasteiger partial charge in [-0.05, 0) is 49.8 Å². The number of amides is 1. The number of carbonyl (C=O) groups is 1. The second-order valence-corrected chi connectivity index (χ2v) is 6.29. The van der Waals surface area contributed by atoms with E-state index in [-0.39, 0.29) is 11.5 Å². The molecular weight excluding hydrogens is 334 g/mol. The summed E-state index contributed by atoms with van der Waals surface area (Å²) in [7, 11) is 0. The van der Waals surface area contributed by atoms with E-state index >= 15 is 0 Å². The van der Waals surface area contributed by atoms with Crippen LogP contribution in [-0.2, 0) is 13.1 Å². The van der Waals surface area contributed by atoms with E-state index in [1.165, 1.54) is 10.1 Å². The van der Waals surface area contributed by atoms with Gasteiger partial charge in [0.15, 0.2) is 4.77 Å². The van der Waals surface area contributed by atoms with Crippen LogP contribution < -0.4 is 10.9 Å². The zero-order chi connectivity index (χ0) is 18.0. The van der Waals surface area contributed by atoms with E-state index < -0.39 is 0 Å². The van der Waals surface area contributed by atoms with E-state index in [1.54, 1.807) is 18.2 Å². The molecule has 128 valence electrons. The predicted molar refractivity (Wildman–Crippen MR) is 101 cm³/mol. The fourth-order valence-corrected chi connectivity index (χ4v) is 3.00. The number of benzene rings is 2. The summed E-state index contributed by atoms with van der Waals surface area (Å²) >= 11 is 5.21. The van der Waals surface area contributed by atoms with Gasteiger partial charge in [-0.3, -0.25) is 14.2 Å². The second-order valence-electron chi connectivity index (χ2n) is 5.91. The highest BCUT2D eigenvalue weighted by molar-refractivity contribution is 7.71. The van der Waals surface area contributed by atoms with E-state index in [0.717, 1.165) is 5.56 Å². The molecule has 1 aromatic heterocycles. The molecule has 6 heteroatoms. The highest BCUT2D eigenvalue weighted by Crippen LogP contribution is 2.11. The maximum atomic E-state index is 12.4. The number of fused-ring (bicyclic) bond motifs is 1. The molecule has 2 N–H and O–H groups in total. The molecule has 0 saturated heterocycles. The number of H-pyrrole nitrogens is 1. The molecule has 0 aliphatic carbocycles. The van der Waals surface area contributed by atoms with Crippen molar-refractivity contribution in [1.29, 1.82) is 0 Å². The molecule has 2 aromatic carbocycles. The number of aromatic nitrogens is 2. The lowest BCUT2D eigenvalue weighted by molar-refractivity contribution is 0.0951. The van der Waals surface area contributed by atoms with E-state index in [9.17, 15) is 9.59 Å². The van der Waals surface area contributed by atoms with Crippen molar-refractivity contribution in [3.05, 3.63) is 74.3 Å². The predicted octanol–water partition coefficient (Wildman–Crippen LogP) is 3.32. The van der Waals surface area contributed by atoms with Crippen LogP contribution in [0.1, 0.15) is 28.4 Å². The van der Waals surface area contributed by atoms with Crippen LogP contribution in [0.5, 0.6) is 0 Å². The largest absolute Gasteiger partial charge is 0.348 e. The Balaban J connectivity index is 1.86. The van der Waals surface area contributed by atoms with Gasteiger partial charge < -0.3 is 10.3 Å². The van der Waals surface area contributed by atoms with Gasteiger partial charge in [-0.2, -0.15) is 0 Å². The van der Waals surface area contributed by atoms with Crippen LogP contribution in [0.2, 0.25) is 0 Å². The van der Waals surface area contributed by atoms with Crippen LogP contribution in [0.15, 0.2) is 47.3 Å². The number of nitrogens with one attached hydrogen (secondary N) is 2. The Morgan fingerprint density at radius 2 is 1.92 bits per heavy atom. The van der Waals surface area contributed by atoms with Gasteiger partial charge in [0.25, 0.3) is 11.5 Å². The summed E-state index contributed by atoms with van der Waals surface area (Å²) < 4.78 is 1.85. The first-order valence-corrected chi connectivity index (χ1v) is 8.51. The van der Waals surface area contributed by atoms with Crippen molar-refractivity contribution in [3.8, 4) is 0 Å². The number of aryl methyl sites for hydroxylation is 1. The monoisotopic (exact) mass is 353 g/mol. The first-order valence-electron chi connectivity index (χ1n) is 8.10. The van der Waals surface area contributed by atoms with Gasteiger partial charge in [0.1, 0.15) is 0 Å². The quantitative estimate of drug-likeness (QED) is 0.707. The van der Waals surface area contributed by atoms with Crippen LogP contribution in [0.4, 0.5) is 0 Å². The highest BCUT2D eigenvalue weighted by atomic mass is 32.1. The van der Waals surface area contributed by atoms with Gasteiger partial charge in [0.2, 0.25) is 0 Å². The lowest BCUT2D eigenvalue weighted by Crippen LogP contribution is -2.24. The Bertz CT molecular complexity index is 1050. The Morgan fingerprint density at radius 1 is 1.20 bits per heavy atom. The standard InChI is InChI=1S/C19H19N3O2S/c1-3-22-18(24)15-9-8-14(10-16(15)21-19(22)25)17(23)20-11-13-6-4-12(2)5-7-13/h4-10H,3,11H2,1-2H3,(H,20,23)(H,21,25). The van der Waals surface area contributed by atoms with Crippen molar-refractivity contribution in [2.45, 2.75) is 26.9 Å². The third-order valence-corrected chi connectivity index (χ3v) is 4.46. The van der Waals surface area contributed by atoms with E-state index in [2.05, 4.69) is 10.3 Å². The first-order chi connectivity index (χ1) is 12.0. The molecule has 0 unspecified atom stereocenters. The number of carbonyl (C=O) groups excluding carboxylic acids is 1. The lowest BCUT2D eigenvalue weighted by atomic mass is 10.1. The Labute approximate surface area is 150 Å². The molecule has 1 amide bonds. The molecule has 0 aliphatic heterocycles. The summed E-state index contributed by atoms with van der Waals surface area (Å²) in [6.45, 7) is 4.84. The van der Waals surface area contributed by atoms with Gasteiger partial charge in [-0.1, -0.05) is 29.8 Å². The molecule has 25 heavy (non-hydrogen) atoms. The summed E-state index contributed by atoms with van der Waals surface area (Å²) in [5.74, 6) is -0.193. The van der Waals surface area contributed by atoms with Crippen LogP contribution in [0.3, 0.4) is 0 Å². The van der Waals surface area contributed by atoms with Crippen LogP contribution in [0.25, 0.3) is 10.9 Å². The van der Waals surface area contributed by atoms with Crippen LogP contribution >= 0.6 is 12.2 Å². The maximum absolute atomic E-state index is 12.4. The molecule has 0 radical (unpaired) electrons. The van der Waals surface area contributed by atoms with Crippen molar-refractivity contribution in [2.75, 3.05) is 0 Å². The number of hydrogen-bond donors (Lipinski definition) is 2. The maximum Gasteiger partial charge on any atom is 0.262 e. The average Bonchev–Trinajstić information content (AvgIpc) is 2.61. The van der Waals surface area contributed by atoms with Crippen LogP contribution in [-0.4, -0.2) is 15.5 Å². The zero-order valence-corrected chi connectivity index (χ0v) is 14.9. The minimum absolute atomic E-state index is 0.145. The molecule has 3 rings (SSSR count). The Hall–Kier alpha value is -2.73. The fourth-order valence-electron chi connectivity index (χ4n) is 2.67. The summed E-state index contributed by atoms with van der Waals surface area (Å²) in [6, 6.07) is 13.0. The van der Waals surface area contributed by atoms with Crippen molar-refractivity contribution in [3.63, 3.8) is 0 Å². The molecular formula is C19H19N3O2S. The molecule has 3 aromatic rings. The summed E-state index contributed by atoms with van der Waals surface area (Å²) in [5.41, 5.74) is 3.12. The molecule has 0 bridgehead atoms.